The van der Waals surface area contributed by atoms with Gasteiger partial charge in [0.1, 0.15) is 35.9 Å². The summed E-state index contributed by atoms with van der Waals surface area (Å²) in [6, 6.07) is 3.09. The number of aromatic nitrogens is 3. The van der Waals surface area contributed by atoms with Crippen LogP contribution in [-0.2, 0) is 35.2 Å². The molecule has 0 spiro atoms. The lowest BCUT2D eigenvalue weighted by Crippen LogP contribution is -2.45. The van der Waals surface area contributed by atoms with Crippen LogP contribution in [0, 0.1) is 13.8 Å². The fraction of sp³-hybridized carbons (Fsp3) is 0.552. The normalized spacial score (nSPS) is 14.8. The molecule has 2 aliphatic rings. The molecule has 2 aromatic rings. The Morgan fingerprint density at radius 3 is 2.47 bits per heavy atom. The SMILES string of the molecule is COC(=O)CCOC(=O)N[C@@H](CNc1nc(C)nc(N2CCC(c3ccc4c(n3)NCCC4)CC2)c1C)C(=O)O.O=C(OF)C(F)F. The first-order valence-corrected chi connectivity index (χ1v) is 14.8. The molecule has 0 radical (unpaired) electrons. The van der Waals surface area contributed by atoms with Gasteiger partial charge in [-0.1, -0.05) is 6.07 Å². The number of pyridine rings is 1. The van der Waals surface area contributed by atoms with Crippen molar-refractivity contribution in [3.8, 4) is 0 Å². The molecular formula is C29H38F3N7O8. The standard InChI is InChI=1S/C27H37N7O6.C2HF3O2/c1-16-23(29-15-21(26(36)37)33-27(38)40-14-10-22(35)39-3)30-17(2)31-25(16)34-12-8-18(9-13-34)20-7-6-19-5-4-11-28-24(19)32-20;3-1(4)2(6)7-5/h6-7,18,21H,4-5,8-15H2,1-3H3,(H,28,32)(H,33,38)(H,36,37)(H,29,30,31);1H/t21-;/m0./s1. The molecule has 1 atom stereocenters. The quantitative estimate of drug-likeness (QED) is 0.255. The number of fused-ring (bicyclic) bond motifs is 1. The van der Waals surface area contributed by atoms with Gasteiger partial charge in [-0.15, -0.1) is 0 Å². The van der Waals surface area contributed by atoms with Gasteiger partial charge in [-0.05, 0) is 51.2 Å². The number of hydrogen-bond donors (Lipinski definition) is 4. The highest BCUT2D eigenvalue weighted by Gasteiger charge is 2.27. The lowest BCUT2D eigenvalue weighted by molar-refractivity contribution is -0.196. The number of esters is 1. The van der Waals surface area contributed by atoms with Crippen LogP contribution in [0.15, 0.2) is 12.1 Å². The summed E-state index contributed by atoms with van der Waals surface area (Å²) in [5.41, 5.74) is 3.21. The molecule has 2 aliphatic heterocycles. The summed E-state index contributed by atoms with van der Waals surface area (Å²) in [7, 11) is 1.23. The minimum Gasteiger partial charge on any atom is -0.480 e. The van der Waals surface area contributed by atoms with Crippen molar-refractivity contribution in [3.63, 3.8) is 0 Å². The molecule has 47 heavy (non-hydrogen) atoms. The van der Waals surface area contributed by atoms with E-state index in [-0.39, 0.29) is 19.6 Å². The second-order valence-electron chi connectivity index (χ2n) is 10.7. The van der Waals surface area contributed by atoms with E-state index in [1.165, 1.54) is 12.7 Å². The number of rotatable bonds is 11. The molecule has 0 saturated carbocycles. The monoisotopic (exact) mass is 669 g/mol. The van der Waals surface area contributed by atoms with Crippen molar-refractivity contribution in [2.45, 2.75) is 64.3 Å². The highest BCUT2D eigenvalue weighted by Crippen LogP contribution is 2.33. The Kier molecular flexibility index (Phi) is 13.8. The van der Waals surface area contributed by atoms with Gasteiger partial charge < -0.3 is 35.4 Å². The molecule has 258 valence electrons. The molecular weight excluding hydrogens is 631 g/mol. The van der Waals surface area contributed by atoms with Gasteiger partial charge in [0.05, 0.1) is 13.5 Å². The second-order valence-corrected chi connectivity index (χ2v) is 10.7. The largest absolute Gasteiger partial charge is 0.480 e. The number of piperidine rings is 1. The van der Waals surface area contributed by atoms with Crippen molar-refractivity contribution in [2.75, 3.05) is 55.4 Å². The van der Waals surface area contributed by atoms with Gasteiger partial charge in [0.25, 0.3) is 0 Å². The fourth-order valence-corrected chi connectivity index (χ4v) is 5.00. The van der Waals surface area contributed by atoms with Gasteiger partial charge in [0.15, 0.2) is 0 Å². The number of anilines is 3. The topological polar surface area (TPSA) is 194 Å². The summed E-state index contributed by atoms with van der Waals surface area (Å²) in [6.45, 7) is 5.92. The minimum atomic E-state index is -3.37. The van der Waals surface area contributed by atoms with Crippen LogP contribution in [-0.4, -0.2) is 96.4 Å². The van der Waals surface area contributed by atoms with Gasteiger partial charge in [-0.2, -0.15) is 8.78 Å². The van der Waals surface area contributed by atoms with Crippen LogP contribution in [0.4, 0.5) is 35.6 Å². The van der Waals surface area contributed by atoms with Crippen LogP contribution in [0.5, 0.6) is 0 Å². The van der Waals surface area contributed by atoms with Crippen molar-refractivity contribution < 1.29 is 52.0 Å². The molecule has 18 heteroatoms. The van der Waals surface area contributed by atoms with Gasteiger partial charge >= 0.3 is 30.4 Å². The molecule has 4 N–H and O–H groups in total. The van der Waals surface area contributed by atoms with E-state index in [9.17, 15) is 32.8 Å². The predicted molar refractivity (Wildman–Crippen MR) is 161 cm³/mol. The van der Waals surface area contributed by atoms with Crippen molar-refractivity contribution in [1.82, 2.24) is 20.3 Å². The van der Waals surface area contributed by atoms with E-state index in [1.807, 2.05) is 6.92 Å². The third kappa shape index (κ3) is 10.8. The predicted octanol–water partition coefficient (Wildman–Crippen LogP) is 3.06. The van der Waals surface area contributed by atoms with Crippen LogP contribution in [0.1, 0.15) is 54.2 Å². The number of alkyl halides is 2. The molecule has 4 rings (SSSR count). The van der Waals surface area contributed by atoms with Crippen molar-refractivity contribution >= 4 is 41.5 Å². The van der Waals surface area contributed by atoms with E-state index in [0.717, 1.165) is 68.2 Å². The summed E-state index contributed by atoms with van der Waals surface area (Å²) in [5.74, 6) is -0.682. The number of ether oxygens (including phenoxy) is 2. The van der Waals surface area contributed by atoms with Crippen molar-refractivity contribution in [1.29, 1.82) is 0 Å². The molecule has 0 aliphatic carbocycles. The fourth-order valence-electron chi connectivity index (χ4n) is 5.00. The van der Waals surface area contributed by atoms with Gasteiger partial charge in [-0.3, -0.25) is 4.79 Å². The van der Waals surface area contributed by atoms with Crippen LogP contribution >= 0.6 is 0 Å². The Labute approximate surface area is 268 Å². The number of alkyl carbamates (subject to hydrolysis) is 1. The lowest BCUT2D eigenvalue weighted by atomic mass is 9.92. The zero-order valence-electron chi connectivity index (χ0n) is 26.2. The molecule has 1 fully saturated rings. The smallest absolute Gasteiger partial charge is 0.414 e. The number of carbonyl (C=O) groups is 4. The molecule has 15 nitrogen and oxygen atoms in total. The molecule has 0 unspecified atom stereocenters. The number of carboxylic acid groups (broad SMARTS) is 1. The van der Waals surface area contributed by atoms with Gasteiger partial charge in [0.2, 0.25) is 0 Å². The number of aliphatic carboxylic acids is 1. The Hall–Kier alpha value is -4.90. The molecule has 0 aromatic carbocycles. The molecule has 2 aromatic heterocycles. The average Bonchev–Trinajstić information content (AvgIpc) is 3.07. The minimum absolute atomic E-state index is 0.125. The second kappa shape index (κ2) is 17.7. The lowest BCUT2D eigenvalue weighted by Gasteiger charge is -2.34. The number of nitrogens with one attached hydrogen (secondary N) is 3. The maximum Gasteiger partial charge on any atom is 0.414 e. The van der Waals surface area contributed by atoms with Crippen LogP contribution in [0.25, 0.3) is 0 Å². The summed E-state index contributed by atoms with van der Waals surface area (Å²) >= 11 is 0. The third-order valence-electron chi connectivity index (χ3n) is 7.45. The van der Waals surface area contributed by atoms with E-state index < -0.39 is 36.5 Å². The van der Waals surface area contributed by atoms with Crippen LogP contribution < -0.4 is 20.9 Å². The van der Waals surface area contributed by atoms with Gasteiger partial charge in [0, 0.05) is 47.9 Å². The highest BCUT2D eigenvalue weighted by molar-refractivity contribution is 5.80. The zero-order valence-corrected chi connectivity index (χ0v) is 26.2. The number of nitrogens with zero attached hydrogens (tertiary/aromatic N) is 4. The average molecular weight is 670 g/mol. The highest BCUT2D eigenvalue weighted by atomic mass is 19.3. The number of aryl methyl sites for hydroxylation is 2. The molecule has 0 bridgehead atoms. The number of amides is 1. The molecule has 4 heterocycles. The first-order chi connectivity index (χ1) is 22.4. The van der Waals surface area contributed by atoms with E-state index in [0.29, 0.717) is 17.6 Å². The summed E-state index contributed by atoms with van der Waals surface area (Å²) in [5, 5.41) is 18.3. The van der Waals surface area contributed by atoms with E-state index in [1.54, 1.807) is 6.92 Å². The zero-order chi connectivity index (χ0) is 34.5. The Bertz CT molecular complexity index is 1410. The summed E-state index contributed by atoms with van der Waals surface area (Å²) < 4.78 is 41.1. The summed E-state index contributed by atoms with van der Waals surface area (Å²) in [6.07, 6.45) is -0.340. The number of carbonyl (C=O) groups excluding carboxylic acids is 3. The van der Waals surface area contributed by atoms with E-state index >= 15 is 0 Å². The van der Waals surface area contributed by atoms with E-state index in [4.69, 9.17) is 14.5 Å². The summed E-state index contributed by atoms with van der Waals surface area (Å²) in [4.78, 5) is 62.5. The Morgan fingerprint density at radius 1 is 1.13 bits per heavy atom. The third-order valence-corrected chi connectivity index (χ3v) is 7.45. The first-order valence-electron chi connectivity index (χ1n) is 14.8. The number of halogens is 3. The number of carboxylic acids is 1. The maximum absolute atomic E-state index is 12.0. The number of hydrogen-bond acceptors (Lipinski definition) is 13. The Balaban J connectivity index is 0.000000771. The Morgan fingerprint density at radius 2 is 1.85 bits per heavy atom. The van der Waals surface area contributed by atoms with Gasteiger partial charge in [-0.25, -0.2) is 34.3 Å². The van der Waals surface area contributed by atoms with Crippen molar-refractivity contribution in [2.24, 2.45) is 0 Å². The maximum atomic E-state index is 12.0. The van der Waals surface area contributed by atoms with Crippen molar-refractivity contribution in [3.05, 3.63) is 34.8 Å². The van der Waals surface area contributed by atoms with Crippen LogP contribution in [0.3, 0.4) is 0 Å². The van der Waals surface area contributed by atoms with E-state index in [2.05, 4.69) is 52.6 Å². The number of methoxy groups -OCH3 is 1. The van der Waals surface area contributed by atoms with Crippen LogP contribution in [0.2, 0.25) is 0 Å². The molecule has 1 saturated heterocycles. The molecule has 1 amide bonds. The first kappa shape index (κ1) is 36.6.